The zero-order chi connectivity index (χ0) is 41.0. The number of para-hydroxylation sites is 6. The van der Waals surface area contributed by atoms with Gasteiger partial charge in [0.1, 0.15) is 23.4 Å². The summed E-state index contributed by atoms with van der Waals surface area (Å²) in [5.74, 6) is 0. The maximum Gasteiger partial charge on any atom is 0.293 e. The first-order valence-corrected chi connectivity index (χ1v) is 19.8. The van der Waals surface area contributed by atoms with Gasteiger partial charge in [-0.25, -0.2) is 0 Å². The Morgan fingerprint density at radius 1 is 0.542 bits per heavy atom. The molecule has 2 aliphatic heterocycles. The van der Waals surface area contributed by atoms with Gasteiger partial charge in [-0.3, -0.25) is 20.2 Å². The number of benzene rings is 7. The fraction of sp³-hybridized carbons (Fsp3) is 0. The third-order valence-electron chi connectivity index (χ3n) is 9.88. The van der Waals surface area contributed by atoms with Crippen molar-refractivity contribution in [3.05, 3.63) is 228 Å². The van der Waals surface area contributed by atoms with E-state index in [0.29, 0.717) is 15.2 Å². The van der Waals surface area contributed by atoms with Gasteiger partial charge in [0.2, 0.25) is 0 Å². The molecule has 59 heavy (non-hydrogen) atoms. The Morgan fingerprint density at radius 3 is 1.71 bits per heavy atom. The average Bonchev–Trinajstić information content (AvgIpc) is 3.49. The van der Waals surface area contributed by atoms with Crippen LogP contribution in [-0.2, 0) is 0 Å². The van der Waals surface area contributed by atoms with Gasteiger partial charge in [0.05, 0.1) is 47.5 Å². The second-order valence-corrected chi connectivity index (χ2v) is 15.0. The summed E-state index contributed by atoms with van der Waals surface area (Å²) in [4.78, 5) is 23.1. The highest BCUT2D eigenvalue weighted by Crippen LogP contribution is 2.54. The van der Waals surface area contributed by atoms with E-state index in [4.69, 9.17) is 23.2 Å². The van der Waals surface area contributed by atoms with E-state index >= 15 is 0 Å². The molecule has 0 saturated carbocycles. The Balaban J connectivity index is 0.000000139. The maximum atomic E-state index is 11.8. The maximum absolute atomic E-state index is 11.8. The quantitative estimate of drug-likeness (QED) is 0.108. The van der Waals surface area contributed by atoms with Crippen molar-refractivity contribution in [2.24, 2.45) is 0 Å². The largest absolute Gasteiger partial charge is 0.331 e. The number of nitro benzene ring substituents is 2. The molecule has 7 aromatic carbocycles. The summed E-state index contributed by atoms with van der Waals surface area (Å²) in [6, 6.07) is 49.4. The minimum atomic E-state index is -0.427. The molecule has 0 radical (unpaired) electrons. The summed E-state index contributed by atoms with van der Waals surface area (Å²) in [6.07, 6.45) is 9.12. The van der Waals surface area contributed by atoms with E-state index in [9.17, 15) is 20.2 Å². The van der Waals surface area contributed by atoms with Crippen LogP contribution in [0.2, 0.25) is 10.0 Å². The van der Waals surface area contributed by atoms with Crippen molar-refractivity contribution in [2.45, 2.75) is 0 Å². The average molecular weight is 878 g/mol. The van der Waals surface area contributed by atoms with E-state index in [2.05, 4.69) is 69.8 Å². The van der Waals surface area contributed by atoms with Crippen LogP contribution in [-0.4, -0.2) is 9.85 Å². The molecule has 0 spiro atoms. The predicted molar refractivity (Wildman–Crippen MR) is 242 cm³/mol. The number of nitrogens with zero attached hydrogens (tertiary/aromatic N) is 3. The Kier molecular flexibility index (Phi) is 11.2. The highest BCUT2D eigenvalue weighted by Gasteiger charge is 2.31. The molecule has 0 atom stereocenters. The molecule has 286 valence electrons. The Labute approximate surface area is 358 Å². The fourth-order valence-corrected chi connectivity index (χ4v) is 8.22. The highest BCUT2D eigenvalue weighted by molar-refractivity contribution is 9.10. The van der Waals surface area contributed by atoms with Crippen molar-refractivity contribution in [3.8, 4) is 33.4 Å². The van der Waals surface area contributed by atoms with Crippen LogP contribution in [0.1, 0.15) is 5.56 Å². The number of anilines is 4. The van der Waals surface area contributed by atoms with Gasteiger partial charge < -0.3 is 10.2 Å². The van der Waals surface area contributed by atoms with Crippen LogP contribution in [0.3, 0.4) is 0 Å². The summed E-state index contributed by atoms with van der Waals surface area (Å²) in [5.41, 5.74) is 12.9. The number of allylic oxidation sites excluding steroid dienone is 5. The Bertz CT molecular complexity index is 2890. The second kappa shape index (κ2) is 16.9. The van der Waals surface area contributed by atoms with E-state index in [0.717, 1.165) is 61.2 Å². The van der Waals surface area contributed by atoms with Crippen molar-refractivity contribution >= 4 is 78.8 Å². The molecule has 10 rings (SSSR count). The van der Waals surface area contributed by atoms with E-state index in [-0.39, 0.29) is 16.3 Å². The molecule has 1 N–H and O–H groups in total. The fourth-order valence-electron chi connectivity index (χ4n) is 7.31. The van der Waals surface area contributed by atoms with E-state index in [1.807, 2.05) is 89.9 Å². The van der Waals surface area contributed by atoms with Gasteiger partial charge in [-0.2, -0.15) is 0 Å². The lowest BCUT2D eigenvalue weighted by atomic mass is 9.93. The van der Waals surface area contributed by atoms with Crippen LogP contribution in [0.25, 0.3) is 39.0 Å². The summed E-state index contributed by atoms with van der Waals surface area (Å²) >= 11 is 16.1. The lowest BCUT2D eigenvalue weighted by molar-refractivity contribution is -0.385. The summed E-state index contributed by atoms with van der Waals surface area (Å²) in [6.45, 7) is 0. The Morgan fingerprint density at radius 2 is 1.05 bits per heavy atom. The number of nitro groups is 2. The lowest BCUT2D eigenvalue weighted by Gasteiger charge is -2.27. The SMILES string of the molecule is Clc1cccc2c1NC1=C(C=[C+]C=C1)c1ccccc1-2.O=[N+]([O-])c1ccccc1Br.O=[N+]([O-])c1ccccc1N1c2ccccc2-c2ccccc2-c2cccc(Cl)c21. The first-order valence-electron chi connectivity index (χ1n) is 18.3. The molecule has 7 aromatic rings. The normalized spacial score (nSPS) is 12.4. The Hall–Kier alpha value is -6.87. The van der Waals surface area contributed by atoms with Crippen LogP contribution in [0.4, 0.5) is 34.1 Å². The molecule has 0 amide bonds. The van der Waals surface area contributed by atoms with Crippen LogP contribution < -0.4 is 10.2 Å². The van der Waals surface area contributed by atoms with Crippen LogP contribution in [0.15, 0.2) is 186 Å². The molecule has 0 unspecified atom stereocenters. The molecule has 1 aliphatic carbocycles. The van der Waals surface area contributed by atoms with E-state index < -0.39 is 4.92 Å². The minimum absolute atomic E-state index is 0.0270. The van der Waals surface area contributed by atoms with Crippen molar-refractivity contribution < 1.29 is 9.85 Å². The monoisotopic (exact) mass is 875 g/mol. The van der Waals surface area contributed by atoms with E-state index in [1.165, 1.54) is 23.3 Å². The molecule has 8 nitrogen and oxygen atoms in total. The number of rotatable bonds is 3. The highest BCUT2D eigenvalue weighted by atomic mass is 79.9. The molecule has 0 aromatic heterocycles. The number of hydrogen-bond donors (Lipinski definition) is 1. The van der Waals surface area contributed by atoms with Crippen LogP contribution in [0, 0.1) is 26.3 Å². The molecule has 11 heteroatoms. The molecule has 3 aliphatic rings. The van der Waals surface area contributed by atoms with Crippen LogP contribution >= 0.6 is 39.1 Å². The van der Waals surface area contributed by atoms with Crippen LogP contribution in [0.5, 0.6) is 0 Å². The molecule has 0 bridgehead atoms. The first-order chi connectivity index (χ1) is 28.7. The van der Waals surface area contributed by atoms with Gasteiger partial charge in [0.25, 0.3) is 11.4 Å². The number of nitrogens with one attached hydrogen (secondary N) is 1. The van der Waals surface area contributed by atoms with Gasteiger partial charge in [-0.05, 0) is 63.5 Å². The number of fused-ring (bicyclic) bond motifs is 9. The molecule has 2 heterocycles. The third kappa shape index (κ3) is 7.64. The topological polar surface area (TPSA) is 102 Å². The predicted octanol–water partition coefficient (Wildman–Crippen LogP) is 14.8. The van der Waals surface area contributed by atoms with Crippen molar-refractivity contribution in [1.82, 2.24) is 0 Å². The summed E-state index contributed by atoms with van der Waals surface area (Å²) < 4.78 is 0.514. The number of hydrogen-bond acceptors (Lipinski definition) is 6. The molecular weight excluding hydrogens is 847 g/mol. The van der Waals surface area contributed by atoms with Crippen molar-refractivity contribution in [2.75, 3.05) is 10.2 Å². The van der Waals surface area contributed by atoms with E-state index in [1.54, 1.807) is 36.4 Å². The number of halogens is 3. The molecular formula is C48H30BrCl2N4O4+. The minimum Gasteiger partial charge on any atom is -0.331 e. The zero-order valence-electron chi connectivity index (χ0n) is 30.9. The summed E-state index contributed by atoms with van der Waals surface area (Å²) in [7, 11) is 0. The van der Waals surface area contributed by atoms with Gasteiger partial charge in [-0.1, -0.05) is 132 Å². The van der Waals surface area contributed by atoms with Gasteiger partial charge in [-0.15, -0.1) is 0 Å². The molecule has 0 saturated heterocycles. The lowest BCUT2D eigenvalue weighted by Crippen LogP contribution is -2.13. The van der Waals surface area contributed by atoms with Crippen molar-refractivity contribution in [3.63, 3.8) is 0 Å². The van der Waals surface area contributed by atoms with Gasteiger partial charge in [0, 0.05) is 46.0 Å². The third-order valence-corrected chi connectivity index (χ3v) is 11.2. The van der Waals surface area contributed by atoms with Crippen molar-refractivity contribution in [1.29, 1.82) is 0 Å². The first kappa shape index (κ1) is 39.0. The second-order valence-electron chi connectivity index (χ2n) is 13.3. The smallest absolute Gasteiger partial charge is 0.293 e. The summed E-state index contributed by atoms with van der Waals surface area (Å²) in [5, 5.41) is 26.8. The molecule has 0 fully saturated rings. The standard InChI is InChI=1S/C24H15ClN2O2.C18H11ClN.C6H4BrNO2/c25-20-12-7-11-19-17-9-2-1-8-16(17)18-10-3-4-13-21(18)26(24(19)20)22-14-5-6-15-23(22)27(28)29;19-16-10-5-9-15-13-7-2-1-6-12(13)14-8-3-4-11-17(14)20-18(15)16;7-5-3-1-2-4-6(5)8(9)10/h1-15H;1-2,4-11,20H;1-4H/q;+1;. The van der Waals surface area contributed by atoms with Gasteiger partial charge >= 0.3 is 0 Å². The van der Waals surface area contributed by atoms with Gasteiger partial charge in [0.15, 0.2) is 5.70 Å². The zero-order valence-corrected chi connectivity index (χ0v) is 33.9.